The Kier molecular flexibility index (Phi) is 5.81. The van der Waals surface area contributed by atoms with E-state index in [2.05, 4.69) is 40.0 Å². The van der Waals surface area contributed by atoms with E-state index < -0.39 is 0 Å². The van der Waals surface area contributed by atoms with Gasteiger partial charge in [0.25, 0.3) is 0 Å². The van der Waals surface area contributed by atoms with Gasteiger partial charge >= 0.3 is 0 Å². The fourth-order valence-electron chi connectivity index (χ4n) is 3.21. The van der Waals surface area contributed by atoms with Crippen LogP contribution in [0.15, 0.2) is 41.8 Å². The summed E-state index contributed by atoms with van der Waals surface area (Å²) in [5, 5.41) is 9.22. The predicted molar refractivity (Wildman–Crippen MR) is 103 cm³/mol. The molecule has 128 valence electrons. The van der Waals surface area contributed by atoms with Gasteiger partial charge in [-0.15, -0.1) is 11.3 Å². The Morgan fingerprint density at radius 3 is 2.54 bits per heavy atom. The summed E-state index contributed by atoms with van der Waals surface area (Å²) >= 11 is 7.23. The zero-order valence-corrected chi connectivity index (χ0v) is 15.3. The number of rotatable bonds is 5. The standard InChI is InChI=1S/C18H22FN3S2/c1-13(20-18(23)21-15-8-6-14(19)7-9-15)17(16-5-4-12-24-16)22-10-2-3-11-22/h4-9,12-13,17H,2-3,10-11H2,1H3,(H2,20,21,23)/t13-,17+/m1/s1. The van der Waals surface area contributed by atoms with Crippen molar-refractivity contribution in [1.29, 1.82) is 0 Å². The summed E-state index contributed by atoms with van der Waals surface area (Å²) in [6, 6.07) is 11.0. The van der Waals surface area contributed by atoms with Gasteiger partial charge in [-0.2, -0.15) is 0 Å². The summed E-state index contributed by atoms with van der Waals surface area (Å²) in [5.74, 6) is -0.250. The van der Waals surface area contributed by atoms with Crippen molar-refractivity contribution in [3.8, 4) is 0 Å². The first kappa shape index (κ1) is 17.3. The molecule has 3 rings (SSSR count). The van der Waals surface area contributed by atoms with Gasteiger partial charge in [-0.1, -0.05) is 6.07 Å². The number of hydrogen-bond donors (Lipinski definition) is 2. The lowest BCUT2D eigenvalue weighted by Gasteiger charge is -2.33. The van der Waals surface area contributed by atoms with Crippen LogP contribution in [0.5, 0.6) is 0 Å². The van der Waals surface area contributed by atoms with E-state index in [1.54, 1.807) is 23.5 Å². The number of nitrogens with zero attached hydrogens (tertiary/aromatic N) is 1. The maximum absolute atomic E-state index is 13.0. The Hall–Kier alpha value is -1.50. The molecule has 0 bridgehead atoms. The molecule has 0 radical (unpaired) electrons. The quantitative estimate of drug-likeness (QED) is 0.770. The van der Waals surface area contributed by atoms with Gasteiger partial charge in [0, 0.05) is 16.6 Å². The highest BCUT2D eigenvalue weighted by Gasteiger charge is 2.29. The Bertz CT molecular complexity index is 651. The first-order valence-corrected chi connectivity index (χ1v) is 9.53. The van der Waals surface area contributed by atoms with Crippen molar-refractivity contribution in [1.82, 2.24) is 10.2 Å². The molecular formula is C18H22FN3S2. The van der Waals surface area contributed by atoms with E-state index in [4.69, 9.17) is 12.2 Å². The summed E-state index contributed by atoms with van der Waals surface area (Å²) < 4.78 is 13.0. The lowest BCUT2D eigenvalue weighted by atomic mass is 10.1. The van der Waals surface area contributed by atoms with E-state index in [1.165, 1.54) is 29.9 Å². The number of nitrogens with one attached hydrogen (secondary N) is 2. The van der Waals surface area contributed by atoms with E-state index in [-0.39, 0.29) is 11.9 Å². The smallest absolute Gasteiger partial charge is 0.171 e. The molecule has 1 aromatic carbocycles. The van der Waals surface area contributed by atoms with Gasteiger partial charge in [0.2, 0.25) is 0 Å². The average Bonchev–Trinajstić information content (AvgIpc) is 3.24. The second-order valence-electron chi connectivity index (χ2n) is 6.10. The molecule has 0 amide bonds. The Labute approximate surface area is 151 Å². The maximum atomic E-state index is 13.0. The monoisotopic (exact) mass is 363 g/mol. The van der Waals surface area contributed by atoms with Crippen LogP contribution in [-0.2, 0) is 0 Å². The number of thiocarbonyl (C=S) groups is 1. The zero-order valence-electron chi connectivity index (χ0n) is 13.7. The second kappa shape index (κ2) is 8.05. The van der Waals surface area contributed by atoms with Gasteiger partial charge in [0.05, 0.1) is 6.04 Å². The molecule has 2 heterocycles. The summed E-state index contributed by atoms with van der Waals surface area (Å²) in [6.45, 7) is 4.43. The molecule has 0 unspecified atom stereocenters. The van der Waals surface area contributed by atoms with Crippen molar-refractivity contribution in [2.75, 3.05) is 18.4 Å². The number of hydrogen-bond acceptors (Lipinski definition) is 3. The van der Waals surface area contributed by atoms with Crippen molar-refractivity contribution in [3.63, 3.8) is 0 Å². The van der Waals surface area contributed by atoms with Crippen LogP contribution in [0.1, 0.15) is 30.7 Å². The normalized spacial score (nSPS) is 17.4. The van der Waals surface area contributed by atoms with Gasteiger partial charge in [-0.05, 0) is 80.8 Å². The van der Waals surface area contributed by atoms with Crippen molar-refractivity contribution >= 4 is 34.4 Å². The molecule has 0 saturated carbocycles. The highest BCUT2D eigenvalue weighted by molar-refractivity contribution is 7.80. The third kappa shape index (κ3) is 4.32. The third-order valence-corrected chi connectivity index (χ3v) is 5.47. The Morgan fingerprint density at radius 1 is 1.21 bits per heavy atom. The maximum Gasteiger partial charge on any atom is 0.171 e. The van der Waals surface area contributed by atoms with Crippen LogP contribution in [0.2, 0.25) is 0 Å². The van der Waals surface area contributed by atoms with Gasteiger partial charge in [0.15, 0.2) is 5.11 Å². The minimum absolute atomic E-state index is 0.183. The molecule has 1 fully saturated rings. The minimum atomic E-state index is -0.250. The fourth-order valence-corrected chi connectivity index (χ4v) is 4.48. The van der Waals surface area contributed by atoms with Crippen molar-refractivity contribution in [2.45, 2.75) is 31.8 Å². The molecule has 1 aliphatic heterocycles. The molecule has 0 spiro atoms. The van der Waals surface area contributed by atoms with Crippen LogP contribution in [-0.4, -0.2) is 29.1 Å². The van der Waals surface area contributed by atoms with Crippen molar-refractivity contribution in [2.24, 2.45) is 0 Å². The van der Waals surface area contributed by atoms with Crippen LogP contribution in [0.25, 0.3) is 0 Å². The van der Waals surface area contributed by atoms with Crippen LogP contribution in [0, 0.1) is 5.82 Å². The molecule has 2 atom stereocenters. The number of thiophene rings is 1. The summed E-state index contributed by atoms with van der Waals surface area (Å²) in [5.41, 5.74) is 0.787. The number of benzene rings is 1. The van der Waals surface area contributed by atoms with Gasteiger partial charge in [-0.3, -0.25) is 4.90 Å². The van der Waals surface area contributed by atoms with Gasteiger partial charge < -0.3 is 10.6 Å². The lowest BCUT2D eigenvalue weighted by molar-refractivity contribution is 0.214. The van der Waals surface area contributed by atoms with Crippen molar-refractivity contribution < 1.29 is 4.39 Å². The van der Waals surface area contributed by atoms with E-state index in [0.717, 1.165) is 18.8 Å². The summed E-state index contributed by atoms with van der Waals surface area (Å²) in [4.78, 5) is 3.89. The van der Waals surface area contributed by atoms with E-state index >= 15 is 0 Å². The van der Waals surface area contributed by atoms with E-state index in [0.29, 0.717) is 11.2 Å². The lowest BCUT2D eigenvalue weighted by Crippen LogP contribution is -2.45. The molecule has 6 heteroatoms. The second-order valence-corrected chi connectivity index (χ2v) is 7.48. The van der Waals surface area contributed by atoms with Crippen molar-refractivity contribution in [3.05, 3.63) is 52.5 Å². The van der Waals surface area contributed by atoms with E-state index in [9.17, 15) is 4.39 Å². The third-order valence-electron chi connectivity index (χ3n) is 4.30. The highest BCUT2D eigenvalue weighted by atomic mass is 32.1. The molecule has 1 aliphatic rings. The SMILES string of the molecule is C[C@@H](NC(=S)Nc1ccc(F)cc1)[C@@H](c1cccs1)N1CCCC1. The molecule has 3 nitrogen and oxygen atoms in total. The molecule has 1 saturated heterocycles. The Morgan fingerprint density at radius 2 is 1.92 bits per heavy atom. The van der Waals surface area contributed by atoms with Crippen LogP contribution >= 0.6 is 23.6 Å². The molecule has 2 N–H and O–H groups in total. The molecule has 2 aromatic rings. The first-order valence-electron chi connectivity index (χ1n) is 8.24. The van der Waals surface area contributed by atoms with Crippen LogP contribution in [0.4, 0.5) is 10.1 Å². The highest BCUT2D eigenvalue weighted by Crippen LogP contribution is 2.31. The average molecular weight is 364 g/mol. The summed E-state index contributed by atoms with van der Waals surface area (Å²) in [7, 11) is 0. The van der Waals surface area contributed by atoms with Gasteiger partial charge in [0.1, 0.15) is 5.82 Å². The predicted octanol–water partition coefficient (Wildman–Crippen LogP) is 4.40. The molecular weight excluding hydrogens is 341 g/mol. The van der Waals surface area contributed by atoms with Crippen LogP contribution < -0.4 is 10.6 Å². The minimum Gasteiger partial charge on any atom is -0.358 e. The van der Waals surface area contributed by atoms with Crippen LogP contribution in [0.3, 0.4) is 0 Å². The number of halogens is 1. The largest absolute Gasteiger partial charge is 0.358 e. The topological polar surface area (TPSA) is 27.3 Å². The van der Waals surface area contributed by atoms with Gasteiger partial charge in [-0.25, -0.2) is 4.39 Å². The number of anilines is 1. The molecule has 1 aromatic heterocycles. The summed E-state index contributed by atoms with van der Waals surface area (Å²) in [6.07, 6.45) is 2.51. The first-order chi connectivity index (χ1) is 11.6. The fraction of sp³-hybridized carbons (Fsp3) is 0.389. The van der Waals surface area contributed by atoms with E-state index in [1.807, 2.05) is 0 Å². The zero-order chi connectivity index (χ0) is 16.9. The Balaban J connectivity index is 1.65. The number of likely N-dealkylation sites (tertiary alicyclic amines) is 1. The molecule has 0 aliphatic carbocycles. The molecule has 24 heavy (non-hydrogen) atoms.